The molecule has 0 radical (unpaired) electrons. The fourth-order valence-corrected chi connectivity index (χ4v) is 3.09. The van der Waals surface area contributed by atoms with E-state index in [1.165, 1.54) is 12.1 Å². The lowest BCUT2D eigenvalue weighted by Gasteiger charge is -2.14. The third-order valence-electron chi connectivity index (χ3n) is 4.28. The average Bonchev–Trinajstić information content (AvgIpc) is 2.89. The number of nitrogens with zero attached hydrogens (tertiary/aromatic N) is 2. The molecule has 0 amide bonds. The van der Waals surface area contributed by atoms with E-state index in [2.05, 4.69) is 0 Å². The highest BCUT2D eigenvalue weighted by Crippen LogP contribution is 2.34. The first-order valence-corrected chi connectivity index (χ1v) is 7.60. The molecule has 0 aliphatic rings. The zero-order valence-corrected chi connectivity index (χ0v) is 13.3. The van der Waals surface area contributed by atoms with E-state index in [4.69, 9.17) is 0 Å². The largest absolute Gasteiger partial charge is 0.416 e. The molecule has 25 heavy (non-hydrogen) atoms. The van der Waals surface area contributed by atoms with Gasteiger partial charge in [-0.3, -0.25) is 10.1 Å². The SMILES string of the molecule is Cn1cc([C@@H](C[N+](=O)[O-])c2ccc(C(F)(F)F)cc2)c2ccccc21. The molecule has 0 aliphatic heterocycles. The first kappa shape index (κ1) is 17.0. The molecule has 1 aromatic heterocycles. The number of aromatic nitrogens is 1. The van der Waals surface area contributed by atoms with Crippen LogP contribution in [0, 0.1) is 10.1 Å². The average molecular weight is 348 g/mol. The lowest BCUT2D eigenvalue weighted by molar-refractivity contribution is -0.481. The summed E-state index contributed by atoms with van der Waals surface area (Å²) in [6.45, 7) is -0.390. The molecule has 2 aromatic carbocycles. The molecule has 0 fully saturated rings. The predicted octanol–water partition coefficient (Wildman–Crippen LogP) is 4.61. The van der Waals surface area contributed by atoms with Gasteiger partial charge < -0.3 is 4.57 Å². The van der Waals surface area contributed by atoms with Crippen LogP contribution in [0.1, 0.15) is 22.6 Å². The molecule has 0 N–H and O–H groups in total. The van der Waals surface area contributed by atoms with Crippen molar-refractivity contribution in [2.24, 2.45) is 7.05 Å². The molecule has 0 saturated carbocycles. The number of hydrogen-bond acceptors (Lipinski definition) is 2. The molecule has 0 spiro atoms. The normalized spacial score (nSPS) is 13.1. The van der Waals surface area contributed by atoms with Crippen LogP contribution in [0.3, 0.4) is 0 Å². The minimum Gasteiger partial charge on any atom is -0.350 e. The van der Waals surface area contributed by atoms with Gasteiger partial charge in [0.25, 0.3) is 0 Å². The van der Waals surface area contributed by atoms with Crippen LogP contribution in [0.15, 0.2) is 54.7 Å². The van der Waals surface area contributed by atoms with Crippen molar-refractivity contribution in [1.29, 1.82) is 0 Å². The number of rotatable bonds is 4. The van der Waals surface area contributed by atoms with Crippen molar-refractivity contribution in [2.45, 2.75) is 12.1 Å². The molecule has 3 aromatic rings. The van der Waals surface area contributed by atoms with Crippen molar-refractivity contribution in [3.8, 4) is 0 Å². The number of halogens is 3. The number of para-hydroxylation sites is 1. The van der Waals surface area contributed by atoms with Gasteiger partial charge in [0.2, 0.25) is 6.54 Å². The van der Waals surface area contributed by atoms with Gasteiger partial charge >= 0.3 is 6.18 Å². The summed E-state index contributed by atoms with van der Waals surface area (Å²) in [7, 11) is 1.84. The molecule has 130 valence electrons. The first-order chi connectivity index (χ1) is 11.8. The van der Waals surface area contributed by atoms with Gasteiger partial charge in [-0.1, -0.05) is 30.3 Å². The highest BCUT2D eigenvalue weighted by Gasteiger charge is 2.31. The van der Waals surface area contributed by atoms with Crippen molar-refractivity contribution in [3.63, 3.8) is 0 Å². The summed E-state index contributed by atoms with van der Waals surface area (Å²) >= 11 is 0. The summed E-state index contributed by atoms with van der Waals surface area (Å²) in [4.78, 5) is 10.7. The summed E-state index contributed by atoms with van der Waals surface area (Å²) < 4.78 is 40.1. The van der Waals surface area contributed by atoms with E-state index in [1.54, 1.807) is 6.20 Å². The van der Waals surface area contributed by atoms with E-state index < -0.39 is 22.6 Å². The van der Waals surface area contributed by atoms with Crippen molar-refractivity contribution in [3.05, 3.63) is 81.5 Å². The molecule has 3 rings (SSSR count). The minimum atomic E-state index is -4.43. The summed E-state index contributed by atoms with van der Waals surface area (Å²) in [5, 5.41) is 12.0. The number of fused-ring (bicyclic) bond motifs is 1. The Morgan fingerprint density at radius 1 is 1.12 bits per heavy atom. The van der Waals surface area contributed by atoms with Crippen molar-refractivity contribution in [2.75, 3.05) is 6.54 Å². The maximum atomic E-state index is 12.8. The lowest BCUT2D eigenvalue weighted by Crippen LogP contribution is -2.14. The van der Waals surface area contributed by atoms with Crippen LogP contribution >= 0.6 is 0 Å². The van der Waals surface area contributed by atoms with E-state index in [0.29, 0.717) is 5.56 Å². The highest BCUT2D eigenvalue weighted by molar-refractivity contribution is 5.85. The monoisotopic (exact) mass is 348 g/mol. The van der Waals surface area contributed by atoms with Crippen molar-refractivity contribution >= 4 is 10.9 Å². The van der Waals surface area contributed by atoms with Gasteiger partial charge in [-0.25, -0.2) is 0 Å². The third-order valence-corrected chi connectivity index (χ3v) is 4.28. The maximum absolute atomic E-state index is 12.8. The smallest absolute Gasteiger partial charge is 0.350 e. The predicted molar refractivity (Wildman–Crippen MR) is 88.1 cm³/mol. The molecule has 4 nitrogen and oxygen atoms in total. The second-order valence-corrected chi connectivity index (χ2v) is 5.90. The number of hydrogen-bond donors (Lipinski definition) is 0. The molecule has 0 saturated heterocycles. The molecular weight excluding hydrogens is 333 g/mol. The minimum absolute atomic E-state index is 0.390. The standard InChI is InChI=1S/C18H15F3N2O2/c1-22-10-16(14-4-2-3-5-17(14)22)15(11-23(24)25)12-6-8-13(9-7-12)18(19,20)21/h2-10,15H,11H2,1H3/t15-/m0/s1. The van der Waals surface area contributed by atoms with Crippen LogP contribution in [-0.4, -0.2) is 16.0 Å². The Kier molecular flexibility index (Phi) is 4.24. The van der Waals surface area contributed by atoms with Gasteiger partial charge in [-0.05, 0) is 29.3 Å². The molecule has 1 heterocycles. The fraction of sp³-hybridized carbons (Fsp3) is 0.222. The number of alkyl halides is 3. The van der Waals surface area contributed by atoms with Gasteiger partial charge in [0.05, 0.1) is 11.5 Å². The second kappa shape index (κ2) is 6.23. The van der Waals surface area contributed by atoms with Gasteiger partial charge in [0, 0.05) is 29.1 Å². The summed E-state index contributed by atoms with van der Waals surface area (Å²) in [5.74, 6) is -0.622. The number of benzene rings is 2. The van der Waals surface area contributed by atoms with Gasteiger partial charge in [0.1, 0.15) is 0 Å². The zero-order chi connectivity index (χ0) is 18.2. The fourth-order valence-electron chi connectivity index (χ4n) is 3.09. The van der Waals surface area contributed by atoms with Crippen LogP contribution in [0.2, 0.25) is 0 Å². The summed E-state index contributed by atoms with van der Waals surface area (Å²) in [6.07, 6.45) is -2.63. The van der Waals surface area contributed by atoms with Crippen LogP contribution in [0.4, 0.5) is 13.2 Å². The van der Waals surface area contributed by atoms with Crippen LogP contribution < -0.4 is 0 Å². The summed E-state index contributed by atoms with van der Waals surface area (Å²) in [6, 6.07) is 12.0. The van der Waals surface area contributed by atoms with Gasteiger partial charge in [0.15, 0.2) is 0 Å². The van der Waals surface area contributed by atoms with Crippen molar-refractivity contribution < 1.29 is 18.1 Å². The van der Waals surface area contributed by atoms with Gasteiger partial charge in [-0.15, -0.1) is 0 Å². The molecule has 1 atom stereocenters. The molecular formula is C18H15F3N2O2. The van der Waals surface area contributed by atoms with E-state index in [9.17, 15) is 23.3 Å². The first-order valence-electron chi connectivity index (χ1n) is 7.60. The molecule has 0 aliphatic carbocycles. The van der Waals surface area contributed by atoms with Gasteiger partial charge in [-0.2, -0.15) is 13.2 Å². The van der Waals surface area contributed by atoms with Crippen LogP contribution in [0.5, 0.6) is 0 Å². The van der Waals surface area contributed by atoms with E-state index in [0.717, 1.165) is 28.6 Å². The molecule has 0 bridgehead atoms. The Balaban J connectivity index is 2.10. The Bertz CT molecular complexity index is 914. The lowest BCUT2D eigenvalue weighted by atomic mass is 9.90. The number of aryl methyl sites for hydroxylation is 1. The highest BCUT2D eigenvalue weighted by atomic mass is 19.4. The molecule has 0 unspecified atom stereocenters. The van der Waals surface area contributed by atoms with Crippen LogP contribution in [-0.2, 0) is 13.2 Å². The third kappa shape index (κ3) is 3.35. The van der Waals surface area contributed by atoms with E-state index >= 15 is 0 Å². The Hall–Kier alpha value is -2.83. The zero-order valence-electron chi connectivity index (χ0n) is 13.3. The Morgan fingerprint density at radius 2 is 1.76 bits per heavy atom. The summed E-state index contributed by atoms with van der Waals surface area (Å²) in [5.41, 5.74) is 1.36. The quantitative estimate of drug-likeness (QED) is 0.511. The van der Waals surface area contributed by atoms with E-state index in [1.807, 2.05) is 35.9 Å². The number of nitro groups is 1. The van der Waals surface area contributed by atoms with Crippen molar-refractivity contribution in [1.82, 2.24) is 4.57 Å². The van der Waals surface area contributed by atoms with E-state index in [-0.39, 0.29) is 6.54 Å². The van der Waals surface area contributed by atoms with Crippen LogP contribution in [0.25, 0.3) is 10.9 Å². The topological polar surface area (TPSA) is 48.1 Å². The Labute approximate surface area is 141 Å². The Morgan fingerprint density at radius 3 is 2.36 bits per heavy atom. The second-order valence-electron chi connectivity index (χ2n) is 5.90. The maximum Gasteiger partial charge on any atom is 0.416 e. The molecule has 7 heteroatoms.